The summed E-state index contributed by atoms with van der Waals surface area (Å²) in [5.74, 6) is 0.698. The fourth-order valence-corrected chi connectivity index (χ4v) is 3.24. The molecule has 0 spiro atoms. The van der Waals surface area contributed by atoms with E-state index in [4.69, 9.17) is 4.52 Å². The van der Waals surface area contributed by atoms with Gasteiger partial charge < -0.3 is 15.2 Å². The number of amides is 2. The largest absolute Gasteiger partial charge is 0.355 e. The molecule has 1 aliphatic rings. The highest BCUT2D eigenvalue weighted by molar-refractivity contribution is 5.92. The molecular weight excluding hydrogens is 350 g/mol. The number of likely N-dealkylation sites (tertiary alicyclic amines) is 1. The molecule has 10 heteroatoms. The van der Waals surface area contributed by atoms with Gasteiger partial charge in [-0.2, -0.15) is 10.1 Å². The Labute approximate surface area is 157 Å². The average Bonchev–Trinajstić information content (AvgIpc) is 3.35. The van der Waals surface area contributed by atoms with Gasteiger partial charge in [-0.3, -0.25) is 19.2 Å². The molecule has 2 N–H and O–H groups in total. The number of carbonyl (C=O) groups is 2. The number of rotatable bonds is 7. The molecule has 0 radical (unpaired) electrons. The zero-order valence-electron chi connectivity index (χ0n) is 15.8. The minimum Gasteiger partial charge on any atom is -0.355 e. The topological polar surface area (TPSA) is 118 Å². The highest BCUT2D eigenvalue weighted by Gasteiger charge is 2.38. The van der Waals surface area contributed by atoms with E-state index in [0.717, 1.165) is 0 Å². The molecule has 3 rings (SSSR count). The Morgan fingerprint density at radius 2 is 2.19 bits per heavy atom. The zero-order valence-corrected chi connectivity index (χ0v) is 15.8. The van der Waals surface area contributed by atoms with Crippen LogP contribution in [0.3, 0.4) is 0 Å². The van der Waals surface area contributed by atoms with Crippen LogP contribution in [0.4, 0.5) is 0 Å². The van der Waals surface area contributed by atoms with E-state index in [1.165, 1.54) is 0 Å². The van der Waals surface area contributed by atoms with E-state index < -0.39 is 0 Å². The second-order valence-corrected chi connectivity index (χ2v) is 6.54. The molecule has 0 saturated carbocycles. The second-order valence-electron chi connectivity index (χ2n) is 6.54. The molecular formula is C17H25N7O3. The minimum absolute atomic E-state index is 0.0688. The summed E-state index contributed by atoms with van der Waals surface area (Å²) in [5.41, 5.74) is 0.373. The normalized spacial score (nSPS) is 20.0. The lowest BCUT2D eigenvalue weighted by molar-refractivity contribution is -0.125. The molecule has 146 valence electrons. The maximum Gasteiger partial charge on any atom is 0.272 e. The van der Waals surface area contributed by atoms with Gasteiger partial charge in [0.25, 0.3) is 5.91 Å². The zero-order chi connectivity index (χ0) is 19.4. The van der Waals surface area contributed by atoms with Crippen molar-refractivity contribution >= 4 is 11.8 Å². The van der Waals surface area contributed by atoms with Gasteiger partial charge in [-0.05, 0) is 33.3 Å². The summed E-state index contributed by atoms with van der Waals surface area (Å²) in [6, 6.07) is 1.16. The van der Waals surface area contributed by atoms with Crippen LogP contribution in [-0.2, 0) is 17.9 Å². The third kappa shape index (κ3) is 4.51. The van der Waals surface area contributed by atoms with E-state index in [9.17, 15) is 9.59 Å². The Balaban J connectivity index is 1.67. The van der Waals surface area contributed by atoms with Crippen LogP contribution in [0, 0.1) is 6.92 Å². The lowest BCUT2D eigenvalue weighted by Gasteiger charge is -2.21. The van der Waals surface area contributed by atoms with Crippen LogP contribution in [0.5, 0.6) is 0 Å². The number of carbonyl (C=O) groups excluding carboxylic acids is 2. The number of likely N-dealkylation sites (N-methyl/N-ethyl adjacent to an activating group) is 1. The van der Waals surface area contributed by atoms with Crippen LogP contribution in [0.15, 0.2) is 16.8 Å². The van der Waals surface area contributed by atoms with E-state index in [-0.39, 0.29) is 23.9 Å². The van der Waals surface area contributed by atoms with E-state index in [0.29, 0.717) is 50.0 Å². The Morgan fingerprint density at radius 3 is 2.81 bits per heavy atom. The monoisotopic (exact) mass is 375 g/mol. The number of aryl methyl sites for hydroxylation is 2. The predicted molar refractivity (Wildman–Crippen MR) is 95.7 cm³/mol. The van der Waals surface area contributed by atoms with Crippen molar-refractivity contribution < 1.29 is 14.1 Å². The van der Waals surface area contributed by atoms with Crippen molar-refractivity contribution in [3.63, 3.8) is 0 Å². The van der Waals surface area contributed by atoms with Crippen molar-refractivity contribution in [1.82, 2.24) is 35.5 Å². The van der Waals surface area contributed by atoms with Gasteiger partial charge in [0.1, 0.15) is 5.69 Å². The van der Waals surface area contributed by atoms with E-state index in [2.05, 4.69) is 25.9 Å². The maximum atomic E-state index is 12.5. The summed E-state index contributed by atoms with van der Waals surface area (Å²) in [4.78, 5) is 31.1. The lowest BCUT2D eigenvalue weighted by Crippen LogP contribution is -2.42. The molecule has 2 aromatic rings. The number of hydrogen-bond donors (Lipinski definition) is 2. The van der Waals surface area contributed by atoms with Crippen molar-refractivity contribution in [1.29, 1.82) is 0 Å². The first-order chi connectivity index (χ1) is 13.0. The van der Waals surface area contributed by atoms with Gasteiger partial charge in [0.15, 0.2) is 5.82 Å². The Morgan fingerprint density at radius 1 is 1.37 bits per heavy atom. The van der Waals surface area contributed by atoms with Crippen LogP contribution >= 0.6 is 0 Å². The summed E-state index contributed by atoms with van der Waals surface area (Å²) in [7, 11) is 0. The smallest absolute Gasteiger partial charge is 0.272 e. The first kappa shape index (κ1) is 19.0. The van der Waals surface area contributed by atoms with E-state index >= 15 is 0 Å². The Kier molecular flexibility index (Phi) is 5.84. The molecule has 2 atom stereocenters. The highest BCUT2D eigenvalue weighted by Crippen LogP contribution is 2.21. The Hall–Kier alpha value is -2.75. The van der Waals surface area contributed by atoms with Gasteiger partial charge in [-0.15, -0.1) is 0 Å². The van der Waals surface area contributed by atoms with Crippen LogP contribution in [0.1, 0.15) is 42.5 Å². The van der Waals surface area contributed by atoms with E-state index in [1.807, 2.05) is 18.7 Å². The number of aromatic nitrogens is 4. The van der Waals surface area contributed by atoms with Crippen LogP contribution in [0.25, 0.3) is 0 Å². The van der Waals surface area contributed by atoms with Crippen molar-refractivity contribution in [2.75, 3.05) is 13.1 Å². The fraction of sp³-hybridized carbons (Fsp3) is 0.588. The predicted octanol–water partition coefficient (Wildman–Crippen LogP) is 0.103. The first-order valence-corrected chi connectivity index (χ1v) is 9.15. The van der Waals surface area contributed by atoms with Crippen LogP contribution in [0.2, 0.25) is 0 Å². The molecule has 1 fully saturated rings. The first-order valence-electron chi connectivity index (χ1n) is 9.15. The van der Waals surface area contributed by atoms with E-state index in [1.54, 1.807) is 23.9 Å². The molecule has 0 unspecified atom stereocenters. The van der Waals surface area contributed by atoms with Gasteiger partial charge in [0, 0.05) is 31.9 Å². The standard InChI is InChI=1S/C17H25N7O3/c1-4-18-17(26)14-8-12(9-23(14)10-15-19-11(3)22-27-15)20-16(25)13-6-7-24(5-2)21-13/h6-7,12,14H,4-5,8-10H2,1-3H3,(H,18,26)(H,20,25)/t12-,14-/m0/s1. The van der Waals surface area contributed by atoms with Gasteiger partial charge in [0.05, 0.1) is 12.6 Å². The molecule has 2 amide bonds. The summed E-state index contributed by atoms with van der Waals surface area (Å²) < 4.78 is 6.88. The number of hydrogen-bond acceptors (Lipinski definition) is 7. The van der Waals surface area contributed by atoms with Gasteiger partial charge in [0.2, 0.25) is 11.8 Å². The van der Waals surface area contributed by atoms with Crippen LogP contribution in [-0.4, -0.2) is 61.8 Å². The molecule has 1 saturated heterocycles. The van der Waals surface area contributed by atoms with Crippen molar-refractivity contribution in [2.24, 2.45) is 0 Å². The van der Waals surface area contributed by atoms with Gasteiger partial charge in [-0.1, -0.05) is 5.16 Å². The lowest BCUT2D eigenvalue weighted by atomic mass is 10.1. The third-order valence-corrected chi connectivity index (χ3v) is 4.50. The number of nitrogens with zero attached hydrogens (tertiary/aromatic N) is 5. The molecule has 0 aromatic carbocycles. The molecule has 3 heterocycles. The molecule has 27 heavy (non-hydrogen) atoms. The average molecular weight is 375 g/mol. The summed E-state index contributed by atoms with van der Waals surface area (Å²) in [5, 5.41) is 13.8. The summed E-state index contributed by atoms with van der Waals surface area (Å²) >= 11 is 0. The SMILES string of the molecule is CCNC(=O)[C@@H]1C[C@H](NC(=O)c2ccn(CC)n2)CN1Cc1nc(C)no1. The summed E-state index contributed by atoms with van der Waals surface area (Å²) in [6.45, 7) is 7.71. The quantitative estimate of drug-likeness (QED) is 0.705. The maximum absolute atomic E-state index is 12.5. The second kappa shape index (κ2) is 8.30. The fourth-order valence-electron chi connectivity index (χ4n) is 3.24. The number of nitrogens with one attached hydrogen (secondary N) is 2. The molecule has 2 aromatic heterocycles. The van der Waals surface area contributed by atoms with Crippen LogP contribution < -0.4 is 10.6 Å². The van der Waals surface area contributed by atoms with Crippen molar-refractivity contribution in [3.05, 3.63) is 29.7 Å². The molecule has 0 aliphatic carbocycles. The highest BCUT2D eigenvalue weighted by atomic mass is 16.5. The molecule has 1 aliphatic heterocycles. The van der Waals surface area contributed by atoms with Gasteiger partial charge in [-0.25, -0.2) is 0 Å². The summed E-state index contributed by atoms with van der Waals surface area (Å²) in [6.07, 6.45) is 2.28. The molecule has 10 nitrogen and oxygen atoms in total. The molecule has 0 bridgehead atoms. The minimum atomic E-state index is -0.365. The van der Waals surface area contributed by atoms with Crippen molar-refractivity contribution in [2.45, 2.75) is 52.4 Å². The third-order valence-electron chi connectivity index (χ3n) is 4.50. The van der Waals surface area contributed by atoms with Crippen molar-refractivity contribution in [3.8, 4) is 0 Å². The Bertz CT molecular complexity index is 800. The van der Waals surface area contributed by atoms with Gasteiger partial charge >= 0.3 is 0 Å².